The Balaban J connectivity index is 0.00000240. The molecule has 0 bridgehead atoms. The van der Waals surface area contributed by atoms with Gasteiger partial charge in [0.1, 0.15) is 5.82 Å². The van der Waals surface area contributed by atoms with Crippen molar-refractivity contribution in [3.63, 3.8) is 0 Å². The van der Waals surface area contributed by atoms with Gasteiger partial charge < -0.3 is 10.6 Å². The van der Waals surface area contributed by atoms with Crippen LogP contribution in [0.15, 0.2) is 72.0 Å². The van der Waals surface area contributed by atoms with Gasteiger partial charge in [-0.1, -0.05) is 30.3 Å². The summed E-state index contributed by atoms with van der Waals surface area (Å²) < 4.78 is 15.8. The molecule has 2 aromatic carbocycles. The summed E-state index contributed by atoms with van der Waals surface area (Å²) in [6.45, 7) is 2.09. The zero-order valence-electron chi connectivity index (χ0n) is 16.4. The molecule has 0 spiro atoms. The highest BCUT2D eigenvalue weighted by Gasteiger charge is 2.40. The quantitative estimate of drug-likeness (QED) is 0.307. The summed E-state index contributed by atoms with van der Waals surface area (Å²) in [6, 6.07) is 17.4. The summed E-state index contributed by atoms with van der Waals surface area (Å²) in [5.74, 6) is 0.780. The Labute approximate surface area is 187 Å². The van der Waals surface area contributed by atoms with Crippen molar-refractivity contribution >= 4 is 29.9 Å². The van der Waals surface area contributed by atoms with E-state index in [1.165, 1.54) is 6.07 Å². The van der Waals surface area contributed by atoms with Gasteiger partial charge in [0.25, 0.3) is 0 Å². The first-order valence-electron chi connectivity index (χ1n) is 9.50. The second-order valence-electron chi connectivity index (χ2n) is 7.10. The number of halogens is 2. The number of hydrogen-bond acceptors (Lipinski definition) is 2. The third-order valence-corrected chi connectivity index (χ3v) is 5.13. The Morgan fingerprint density at radius 3 is 2.76 bits per heavy atom. The van der Waals surface area contributed by atoms with Crippen molar-refractivity contribution in [2.24, 2.45) is 4.99 Å². The molecule has 3 aromatic rings. The maximum Gasteiger partial charge on any atom is 0.191 e. The van der Waals surface area contributed by atoms with Gasteiger partial charge in [0.2, 0.25) is 0 Å². The molecule has 1 fully saturated rings. The Morgan fingerprint density at radius 2 is 2.03 bits per heavy atom. The Morgan fingerprint density at radius 1 is 1.21 bits per heavy atom. The zero-order chi connectivity index (χ0) is 19.5. The molecule has 0 saturated heterocycles. The van der Waals surface area contributed by atoms with Crippen molar-refractivity contribution in [1.29, 1.82) is 0 Å². The molecular formula is C22H25FIN5. The molecule has 1 aliphatic rings. The van der Waals surface area contributed by atoms with Gasteiger partial charge in [-0.3, -0.25) is 4.99 Å². The lowest BCUT2D eigenvalue weighted by Crippen LogP contribution is -2.40. The summed E-state index contributed by atoms with van der Waals surface area (Å²) in [4.78, 5) is 4.34. The molecule has 3 atom stereocenters. The van der Waals surface area contributed by atoms with E-state index >= 15 is 0 Å². The summed E-state index contributed by atoms with van der Waals surface area (Å²) in [6.07, 6.45) is 4.60. The summed E-state index contributed by atoms with van der Waals surface area (Å²) in [7, 11) is 1.75. The number of nitrogens with one attached hydrogen (secondary N) is 2. The molecule has 29 heavy (non-hydrogen) atoms. The second-order valence-corrected chi connectivity index (χ2v) is 7.10. The van der Waals surface area contributed by atoms with Gasteiger partial charge in [-0.05, 0) is 48.7 Å². The SMILES string of the molecule is CN=C(NC(C)c1cccc(-n2cccn2)c1)NC1CC1c1ccccc1F.I. The fourth-order valence-electron chi connectivity index (χ4n) is 3.47. The second kappa shape index (κ2) is 9.39. The third-order valence-electron chi connectivity index (χ3n) is 5.13. The zero-order valence-corrected chi connectivity index (χ0v) is 18.7. The van der Waals surface area contributed by atoms with E-state index in [1.807, 2.05) is 41.2 Å². The van der Waals surface area contributed by atoms with E-state index < -0.39 is 0 Å². The molecule has 1 saturated carbocycles. The Kier molecular flexibility index (Phi) is 6.89. The van der Waals surface area contributed by atoms with Gasteiger partial charge in [-0.15, -0.1) is 24.0 Å². The van der Waals surface area contributed by atoms with Crippen LogP contribution in [0.1, 0.15) is 36.4 Å². The van der Waals surface area contributed by atoms with Crippen LogP contribution < -0.4 is 10.6 Å². The van der Waals surface area contributed by atoms with E-state index in [0.717, 1.165) is 29.2 Å². The number of guanidine groups is 1. The van der Waals surface area contributed by atoms with Crippen LogP contribution in [0, 0.1) is 5.82 Å². The van der Waals surface area contributed by atoms with Gasteiger partial charge in [-0.2, -0.15) is 5.10 Å². The topological polar surface area (TPSA) is 54.2 Å². The highest BCUT2D eigenvalue weighted by molar-refractivity contribution is 14.0. The highest BCUT2D eigenvalue weighted by atomic mass is 127. The lowest BCUT2D eigenvalue weighted by molar-refractivity contribution is 0.607. The molecule has 5 nitrogen and oxygen atoms in total. The smallest absolute Gasteiger partial charge is 0.191 e. The molecule has 2 N–H and O–H groups in total. The van der Waals surface area contributed by atoms with Crippen molar-refractivity contribution in [3.8, 4) is 5.69 Å². The molecule has 1 aliphatic carbocycles. The summed E-state index contributed by atoms with van der Waals surface area (Å²) in [5, 5.41) is 11.1. The number of aliphatic imine (C=N–C) groups is 1. The van der Waals surface area contributed by atoms with Gasteiger partial charge >= 0.3 is 0 Å². The van der Waals surface area contributed by atoms with Gasteiger partial charge in [0.15, 0.2) is 5.96 Å². The standard InChI is InChI=1S/C22H24FN5.HI/c1-15(16-7-5-8-17(13-16)28-12-6-11-25-28)26-22(24-2)27-21-14-19(21)18-9-3-4-10-20(18)23;/h3-13,15,19,21H,14H2,1-2H3,(H2,24,26,27);1H. The maximum atomic E-state index is 14.0. The molecule has 1 heterocycles. The minimum Gasteiger partial charge on any atom is -0.353 e. The number of nitrogens with zero attached hydrogens (tertiary/aromatic N) is 3. The third kappa shape index (κ3) is 4.95. The largest absolute Gasteiger partial charge is 0.353 e. The van der Waals surface area contributed by atoms with Crippen molar-refractivity contribution in [3.05, 3.63) is 83.9 Å². The van der Waals surface area contributed by atoms with Crippen LogP contribution in [0.5, 0.6) is 0 Å². The Bertz CT molecular complexity index is 973. The lowest BCUT2D eigenvalue weighted by Gasteiger charge is -2.19. The minimum atomic E-state index is -0.136. The molecule has 4 rings (SSSR count). The van der Waals surface area contributed by atoms with E-state index in [2.05, 4.69) is 39.8 Å². The van der Waals surface area contributed by atoms with Gasteiger partial charge in [0, 0.05) is 31.4 Å². The molecule has 0 aliphatic heterocycles. The van der Waals surface area contributed by atoms with Crippen molar-refractivity contribution in [2.75, 3.05) is 7.05 Å². The first kappa shape index (κ1) is 21.3. The number of hydrogen-bond donors (Lipinski definition) is 2. The van der Waals surface area contributed by atoms with Crippen LogP contribution in [0.25, 0.3) is 5.69 Å². The fraction of sp³-hybridized carbons (Fsp3) is 0.273. The Hall–Kier alpha value is -2.42. The van der Waals surface area contributed by atoms with Gasteiger partial charge in [-0.25, -0.2) is 9.07 Å². The van der Waals surface area contributed by atoms with E-state index in [4.69, 9.17) is 0 Å². The summed E-state index contributed by atoms with van der Waals surface area (Å²) in [5.41, 5.74) is 2.92. The average Bonchev–Trinajstić information content (AvgIpc) is 3.25. The molecule has 7 heteroatoms. The maximum absolute atomic E-state index is 14.0. The van der Waals surface area contributed by atoms with E-state index in [1.54, 1.807) is 19.3 Å². The molecule has 152 valence electrons. The molecule has 0 radical (unpaired) electrons. The van der Waals surface area contributed by atoms with E-state index in [-0.39, 0.29) is 47.8 Å². The fourth-order valence-corrected chi connectivity index (χ4v) is 3.47. The first-order valence-corrected chi connectivity index (χ1v) is 9.50. The molecule has 0 amide bonds. The normalized spacial score (nSPS) is 19.2. The predicted molar refractivity (Wildman–Crippen MR) is 125 cm³/mol. The predicted octanol–water partition coefficient (Wildman–Crippen LogP) is 4.41. The van der Waals surface area contributed by atoms with Gasteiger partial charge in [0.05, 0.1) is 11.7 Å². The van der Waals surface area contributed by atoms with Crippen LogP contribution in [-0.4, -0.2) is 28.8 Å². The van der Waals surface area contributed by atoms with Crippen LogP contribution in [0.3, 0.4) is 0 Å². The van der Waals surface area contributed by atoms with Crippen LogP contribution in [0.2, 0.25) is 0 Å². The van der Waals surface area contributed by atoms with Crippen LogP contribution in [0.4, 0.5) is 4.39 Å². The molecular weight excluding hydrogens is 480 g/mol. The summed E-state index contributed by atoms with van der Waals surface area (Å²) >= 11 is 0. The van der Waals surface area contributed by atoms with Crippen LogP contribution >= 0.6 is 24.0 Å². The van der Waals surface area contributed by atoms with Crippen molar-refractivity contribution < 1.29 is 4.39 Å². The number of benzene rings is 2. The average molecular weight is 505 g/mol. The highest BCUT2D eigenvalue weighted by Crippen LogP contribution is 2.41. The van der Waals surface area contributed by atoms with Crippen LogP contribution in [-0.2, 0) is 0 Å². The lowest BCUT2D eigenvalue weighted by atomic mass is 10.1. The first-order chi connectivity index (χ1) is 13.7. The molecule has 3 unspecified atom stereocenters. The minimum absolute atomic E-state index is 0. The van der Waals surface area contributed by atoms with E-state index in [9.17, 15) is 4.39 Å². The van der Waals surface area contributed by atoms with Crippen molar-refractivity contribution in [2.45, 2.75) is 31.3 Å². The van der Waals surface area contributed by atoms with E-state index in [0.29, 0.717) is 0 Å². The monoisotopic (exact) mass is 505 g/mol. The number of aromatic nitrogens is 2. The molecule has 1 aromatic heterocycles. The van der Waals surface area contributed by atoms with Crippen molar-refractivity contribution in [1.82, 2.24) is 20.4 Å². The number of rotatable bonds is 5.